The summed E-state index contributed by atoms with van der Waals surface area (Å²) >= 11 is 1.86. The molecule has 15 heavy (non-hydrogen) atoms. The van der Waals surface area contributed by atoms with Crippen molar-refractivity contribution in [3.8, 4) is 0 Å². The van der Waals surface area contributed by atoms with Crippen LogP contribution < -0.4 is 5.32 Å². The molecule has 0 amide bonds. The van der Waals surface area contributed by atoms with Gasteiger partial charge in [-0.25, -0.2) is 0 Å². The maximum Gasteiger partial charge on any atom is 0.0761 e. The van der Waals surface area contributed by atoms with Crippen molar-refractivity contribution in [2.24, 2.45) is 5.92 Å². The summed E-state index contributed by atoms with van der Waals surface area (Å²) in [7, 11) is 0. The summed E-state index contributed by atoms with van der Waals surface area (Å²) in [6.45, 7) is 3.46. The van der Waals surface area contributed by atoms with Crippen molar-refractivity contribution in [1.29, 1.82) is 0 Å². The van der Waals surface area contributed by atoms with Gasteiger partial charge in [-0.2, -0.15) is 5.10 Å². The Hall–Kier alpha value is -0.870. The summed E-state index contributed by atoms with van der Waals surface area (Å²) in [5.41, 5.74) is 1.18. The Morgan fingerprint density at radius 3 is 3.13 bits per heavy atom. The number of nitrogens with zero attached hydrogens (tertiary/aromatic N) is 1. The van der Waals surface area contributed by atoms with Crippen LogP contribution in [0.2, 0.25) is 0 Å². The summed E-state index contributed by atoms with van der Waals surface area (Å²) < 4.78 is 1.27. The highest BCUT2D eigenvalue weighted by Gasteiger charge is 2.20. The zero-order valence-electron chi connectivity index (χ0n) is 8.79. The first-order chi connectivity index (χ1) is 7.33. The first kappa shape index (κ1) is 9.36. The van der Waals surface area contributed by atoms with Crippen LogP contribution >= 0.6 is 11.3 Å². The van der Waals surface area contributed by atoms with Gasteiger partial charge < -0.3 is 5.32 Å². The first-order valence-electron chi connectivity index (χ1n) is 5.49. The average molecular weight is 221 g/mol. The minimum atomic E-state index is 0.562. The number of fused-ring (bicyclic) bond motifs is 1. The van der Waals surface area contributed by atoms with Gasteiger partial charge in [0.15, 0.2) is 0 Å². The highest BCUT2D eigenvalue weighted by Crippen LogP contribution is 2.33. The normalized spacial score (nSPS) is 27.3. The summed E-state index contributed by atoms with van der Waals surface area (Å²) in [6, 6.07) is 2.80. The number of aromatic amines is 1. The van der Waals surface area contributed by atoms with E-state index in [0.29, 0.717) is 6.04 Å². The standard InChI is InChI=1S/C11H15N3S/c1-7-2-3-8(12-5-7)10-4-9-11(15-10)6-13-14-9/h4,6-8,12H,2-3,5H2,1H3,(H,13,14)/t7-,8+/m0/s1. The predicted octanol–water partition coefficient (Wildman–Crippen LogP) is 2.69. The highest BCUT2D eigenvalue weighted by molar-refractivity contribution is 7.19. The van der Waals surface area contributed by atoms with E-state index in [9.17, 15) is 0 Å². The van der Waals surface area contributed by atoms with Crippen molar-refractivity contribution < 1.29 is 0 Å². The fourth-order valence-electron chi connectivity index (χ4n) is 2.18. The molecule has 0 unspecified atom stereocenters. The second-order valence-electron chi connectivity index (χ2n) is 4.44. The van der Waals surface area contributed by atoms with Gasteiger partial charge in [0, 0.05) is 10.9 Å². The van der Waals surface area contributed by atoms with E-state index in [1.54, 1.807) is 0 Å². The lowest BCUT2D eigenvalue weighted by atomic mass is 9.96. The Labute approximate surface area is 92.9 Å². The van der Waals surface area contributed by atoms with E-state index in [1.165, 1.54) is 27.9 Å². The van der Waals surface area contributed by atoms with Gasteiger partial charge >= 0.3 is 0 Å². The maximum atomic E-state index is 4.02. The van der Waals surface area contributed by atoms with E-state index >= 15 is 0 Å². The summed E-state index contributed by atoms with van der Waals surface area (Å²) in [6.07, 6.45) is 4.51. The zero-order chi connectivity index (χ0) is 10.3. The molecule has 3 rings (SSSR count). The molecule has 0 spiro atoms. The summed E-state index contributed by atoms with van der Waals surface area (Å²) in [5, 5.41) is 10.7. The van der Waals surface area contributed by atoms with E-state index < -0.39 is 0 Å². The third kappa shape index (κ3) is 1.68. The Kier molecular flexibility index (Phi) is 2.25. The molecule has 3 nitrogen and oxygen atoms in total. The van der Waals surface area contributed by atoms with Crippen LogP contribution in [0.25, 0.3) is 10.2 Å². The van der Waals surface area contributed by atoms with E-state index in [-0.39, 0.29) is 0 Å². The van der Waals surface area contributed by atoms with Crippen molar-refractivity contribution in [1.82, 2.24) is 15.5 Å². The lowest BCUT2D eigenvalue weighted by molar-refractivity contribution is 0.336. The van der Waals surface area contributed by atoms with Gasteiger partial charge in [-0.3, -0.25) is 5.10 Å². The number of aromatic nitrogens is 2. The molecule has 0 aliphatic carbocycles. The van der Waals surface area contributed by atoms with Crippen LogP contribution in [-0.2, 0) is 0 Å². The van der Waals surface area contributed by atoms with Crippen molar-refractivity contribution in [2.75, 3.05) is 6.54 Å². The van der Waals surface area contributed by atoms with E-state index in [4.69, 9.17) is 0 Å². The number of hydrogen-bond donors (Lipinski definition) is 2. The molecular formula is C11H15N3S. The molecular weight excluding hydrogens is 206 g/mol. The first-order valence-corrected chi connectivity index (χ1v) is 6.31. The Morgan fingerprint density at radius 1 is 1.47 bits per heavy atom. The van der Waals surface area contributed by atoms with Gasteiger partial charge in [0.1, 0.15) is 0 Å². The minimum Gasteiger partial charge on any atom is -0.309 e. The lowest BCUT2D eigenvalue weighted by Gasteiger charge is -2.26. The molecule has 1 saturated heterocycles. The molecule has 1 aliphatic heterocycles. The van der Waals surface area contributed by atoms with Gasteiger partial charge in [-0.1, -0.05) is 6.92 Å². The largest absolute Gasteiger partial charge is 0.309 e. The molecule has 0 radical (unpaired) electrons. The van der Waals surface area contributed by atoms with Crippen LogP contribution in [0.4, 0.5) is 0 Å². The molecule has 0 bridgehead atoms. The van der Waals surface area contributed by atoms with Crippen molar-refractivity contribution in [3.05, 3.63) is 17.1 Å². The number of nitrogens with one attached hydrogen (secondary N) is 2. The molecule has 4 heteroatoms. The molecule has 1 aliphatic rings. The molecule has 1 fully saturated rings. The second kappa shape index (κ2) is 3.61. The molecule has 3 heterocycles. The minimum absolute atomic E-state index is 0.562. The van der Waals surface area contributed by atoms with Crippen molar-refractivity contribution in [3.63, 3.8) is 0 Å². The van der Waals surface area contributed by atoms with Crippen molar-refractivity contribution in [2.45, 2.75) is 25.8 Å². The summed E-state index contributed by atoms with van der Waals surface area (Å²) in [5.74, 6) is 0.827. The molecule has 0 aromatic carbocycles. The molecule has 80 valence electrons. The van der Waals surface area contributed by atoms with Crippen molar-refractivity contribution >= 4 is 21.6 Å². The Bertz CT molecular complexity index is 423. The van der Waals surface area contributed by atoms with E-state index in [2.05, 4.69) is 28.5 Å². The quantitative estimate of drug-likeness (QED) is 0.777. The number of piperidine rings is 1. The number of hydrogen-bond acceptors (Lipinski definition) is 3. The fourth-order valence-corrected chi connectivity index (χ4v) is 3.28. The van der Waals surface area contributed by atoms with Gasteiger partial charge in [-0.05, 0) is 31.4 Å². The van der Waals surface area contributed by atoms with Crippen LogP contribution in [0.15, 0.2) is 12.3 Å². The Morgan fingerprint density at radius 2 is 2.40 bits per heavy atom. The van der Waals surface area contributed by atoms with E-state index in [1.807, 2.05) is 17.5 Å². The summed E-state index contributed by atoms with van der Waals surface area (Å²) in [4.78, 5) is 1.45. The molecule has 0 saturated carbocycles. The molecule has 2 N–H and O–H groups in total. The van der Waals surface area contributed by atoms with Gasteiger partial charge in [0.2, 0.25) is 0 Å². The number of rotatable bonds is 1. The van der Waals surface area contributed by atoms with Crippen LogP contribution in [0.3, 0.4) is 0 Å². The van der Waals surface area contributed by atoms with Gasteiger partial charge in [0.25, 0.3) is 0 Å². The monoisotopic (exact) mass is 221 g/mol. The SMILES string of the molecule is C[C@H]1CC[C@H](c2cc3[nH]ncc3s2)NC1. The smallest absolute Gasteiger partial charge is 0.0761 e. The fraction of sp³-hybridized carbons (Fsp3) is 0.545. The maximum absolute atomic E-state index is 4.02. The Balaban J connectivity index is 1.84. The molecule has 2 aromatic heterocycles. The van der Waals surface area contributed by atoms with Gasteiger partial charge in [0.05, 0.1) is 16.4 Å². The average Bonchev–Trinajstić information content (AvgIpc) is 2.78. The van der Waals surface area contributed by atoms with Crippen LogP contribution in [0.5, 0.6) is 0 Å². The molecule has 2 atom stereocenters. The van der Waals surface area contributed by atoms with Crippen LogP contribution in [-0.4, -0.2) is 16.7 Å². The number of H-pyrrole nitrogens is 1. The third-order valence-corrected chi connectivity index (χ3v) is 4.33. The zero-order valence-corrected chi connectivity index (χ0v) is 9.60. The van der Waals surface area contributed by atoms with Gasteiger partial charge in [-0.15, -0.1) is 11.3 Å². The highest BCUT2D eigenvalue weighted by atomic mass is 32.1. The van der Waals surface area contributed by atoms with Crippen LogP contribution in [0.1, 0.15) is 30.7 Å². The van der Waals surface area contributed by atoms with E-state index in [0.717, 1.165) is 12.5 Å². The topological polar surface area (TPSA) is 40.7 Å². The predicted molar refractivity (Wildman–Crippen MR) is 63.1 cm³/mol. The number of thiophene rings is 1. The lowest BCUT2D eigenvalue weighted by Crippen LogP contribution is -2.31. The third-order valence-electron chi connectivity index (χ3n) is 3.15. The molecule has 2 aromatic rings. The second-order valence-corrected chi connectivity index (χ2v) is 5.56. The van der Waals surface area contributed by atoms with Crippen LogP contribution in [0, 0.1) is 5.92 Å².